The SMILES string of the molecule is Nc1ccccc1N.Oc1ccccc1. The lowest BCUT2D eigenvalue weighted by Crippen LogP contribution is -1.91. The Balaban J connectivity index is 0.000000151. The average molecular weight is 202 g/mol. The quantitative estimate of drug-likeness (QED) is 0.574. The molecular formula is C12H14N2O. The molecule has 0 spiro atoms. The van der Waals surface area contributed by atoms with Gasteiger partial charge in [-0.15, -0.1) is 0 Å². The number of phenolic OH excluding ortho intramolecular Hbond substituents is 1. The van der Waals surface area contributed by atoms with E-state index in [1.54, 1.807) is 36.4 Å². The Hall–Kier alpha value is -2.16. The molecule has 0 radical (unpaired) electrons. The van der Waals surface area contributed by atoms with Crippen LogP contribution >= 0.6 is 0 Å². The molecule has 0 atom stereocenters. The summed E-state index contributed by atoms with van der Waals surface area (Å²) in [4.78, 5) is 0. The van der Waals surface area contributed by atoms with Crippen LogP contribution in [0.15, 0.2) is 54.6 Å². The fraction of sp³-hybridized carbons (Fsp3) is 0. The van der Waals surface area contributed by atoms with Crippen molar-refractivity contribution in [2.45, 2.75) is 0 Å². The van der Waals surface area contributed by atoms with E-state index in [-0.39, 0.29) is 0 Å². The Morgan fingerprint density at radius 3 is 1.33 bits per heavy atom. The number of rotatable bonds is 0. The van der Waals surface area contributed by atoms with E-state index in [4.69, 9.17) is 16.6 Å². The van der Waals surface area contributed by atoms with Crippen molar-refractivity contribution >= 4 is 11.4 Å². The van der Waals surface area contributed by atoms with Gasteiger partial charge in [-0.05, 0) is 24.3 Å². The Kier molecular flexibility index (Phi) is 4.04. The molecular weight excluding hydrogens is 188 g/mol. The molecule has 15 heavy (non-hydrogen) atoms. The molecule has 0 bridgehead atoms. The zero-order valence-electron chi connectivity index (χ0n) is 8.30. The number of phenols is 1. The highest BCUT2D eigenvalue weighted by molar-refractivity contribution is 5.62. The highest BCUT2D eigenvalue weighted by Gasteiger charge is 1.85. The molecule has 0 unspecified atom stereocenters. The monoisotopic (exact) mass is 202 g/mol. The van der Waals surface area contributed by atoms with Crippen molar-refractivity contribution in [3.8, 4) is 5.75 Å². The van der Waals surface area contributed by atoms with E-state index in [0.717, 1.165) is 0 Å². The van der Waals surface area contributed by atoms with Crippen molar-refractivity contribution in [3.05, 3.63) is 54.6 Å². The number of nitrogen functional groups attached to an aromatic ring is 2. The second kappa shape index (κ2) is 5.54. The van der Waals surface area contributed by atoms with Crippen LogP contribution in [0, 0.1) is 0 Å². The smallest absolute Gasteiger partial charge is 0.115 e. The molecule has 0 aliphatic heterocycles. The third kappa shape index (κ3) is 4.04. The van der Waals surface area contributed by atoms with Crippen LogP contribution in [0.4, 0.5) is 11.4 Å². The predicted molar refractivity (Wildman–Crippen MR) is 63.4 cm³/mol. The first-order valence-corrected chi connectivity index (χ1v) is 4.54. The summed E-state index contributed by atoms with van der Waals surface area (Å²) in [6.07, 6.45) is 0. The molecule has 5 N–H and O–H groups in total. The van der Waals surface area contributed by atoms with E-state index in [2.05, 4.69) is 0 Å². The van der Waals surface area contributed by atoms with Gasteiger partial charge in [-0.3, -0.25) is 0 Å². The van der Waals surface area contributed by atoms with Crippen molar-refractivity contribution in [1.82, 2.24) is 0 Å². The number of para-hydroxylation sites is 3. The second-order valence-corrected chi connectivity index (χ2v) is 2.96. The zero-order valence-corrected chi connectivity index (χ0v) is 8.30. The second-order valence-electron chi connectivity index (χ2n) is 2.96. The maximum atomic E-state index is 8.63. The third-order valence-corrected chi connectivity index (χ3v) is 1.75. The molecule has 3 nitrogen and oxygen atoms in total. The van der Waals surface area contributed by atoms with E-state index >= 15 is 0 Å². The molecule has 0 aliphatic carbocycles. The van der Waals surface area contributed by atoms with E-state index in [0.29, 0.717) is 17.1 Å². The summed E-state index contributed by atoms with van der Waals surface area (Å²) in [6.45, 7) is 0. The van der Waals surface area contributed by atoms with Gasteiger partial charge in [0.15, 0.2) is 0 Å². The Morgan fingerprint density at radius 2 is 1.07 bits per heavy atom. The van der Waals surface area contributed by atoms with Crippen LogP contribution in [0.2, 0.25) is 0 Å². The van der Waals surface area contributed by atoms with Gasteiger partial charge < -0.3 is 16.6 Å². The van der Waals surface area contributed by atoms with Crippen molar-refractivity contribution in [3.63, 3.8) is 0 Å². The molecule has 3 heteroatoms. The number of aromatic hydroxyl groups is 1. The summed E-state index contributed by atoms with van der Waals surface area (Å²) in [6, 6.07) is 16.0. The molecule has 78 valence electrons. The summed E-state index contributed by atoms with van der Waals surface area (Å²) in [5.41, 5.74) is 12.1. The first kappa shape index (κ1) is 10.9. The lowest BCUT2D eigenvalue weighted by atomic mass is 10.3. The van der Waals surface area contributed by atoms with Crippen LogP contribution < -0.4 is 11.5 Å². The van der Waals surface area contributed by atoms with Gasteiger partial charge in [0.25, 0.3) is 0 Å². The molecule has 0 aliphatic rings. The molecule has 2 rings (SSSR count). The summed E-state index contributed by atoms with van der Waals surface area (Å²) in [5.74, 6) is 0.322. The Labute approximate surface area is 89.0 Å². The van der Waals surface area contributed by atoms with E-state index in [9.17, 15) is 0 Å². The third-order valence-electron chi connectivity index (χ3n) is 1.75. The Bertz CT molecular complexity index is 380. The lowest BCUT2D eigenvalue weighted by molar-refractivity contribution is 0.475. The standard InChI is InChI=1S/C6H8N2.C6H6O/c7-5-3-1-2-4-6(5)8;7-6-4-2-1-3-5-6/h1-4H,7-8H2;1-5,7H. The highest BCUT2D eigenvalue weighted by atomic mass is 16.3. The van der Waals surface area contributed by atoms with E-state index in [1.165, 1.54) is 0 Å². The molecule has 0 amide bonds. The van der Waals surface area contributed by atoms with Gasteiger partial charge in [0.2, 0.25) is 0 Å². The molecule has 0 heterocycles. The molecule has 0 saturated carbocycles. The van der Waals surface area contributed by atoms with Crippen molar-refractivity contribution in [2.75, 3.05) is 11.5 Å². The van der Waals surface area contributed by atoms with Crippen molar-refractivity contribution < 1.29 is 5.11 Å². The molecule has 0 saturated heterocycles. The minimum absolute atomic E-state index is 0.322. The molecule has 2 aromatic carbocycles. The summed E-state index contributed by atoms with van der Waals surface area (Å²) < 4.78 is 0. The predicted octanol–water partition coefficient (Wildman–Crippen LogP) is 2.24. The van der Waals surface area contributed by atoms with E-state index in [1.807, 2.05) is 18.2 Å². The van der Waals surface area contributed by atoms with Gasteiger partial charge >= 0.3 is 0 Å². The largest absolute Gasteiger partial charge is 0.508 e. The van der Waals surface area contributed by atoms with Gasteiger partial charge in [-0.2, -0.15) is 0 Å². The average Bonchev–Trinajstić information content (AvgIpc) is 2.25. The van der Waals surface area contributed by atoms with Crippen LogP contribution in [-0.2, 0) is 0 Å². The maximum Gasteiger partial charge on any atom is 0.115 e. The summed E-state index contributed by atoms with van der Waals surface area (Å²) >= 11 is 0. The first-order chi connectivity index (χ1) is 7.20. The van der Waals surface area contributed by atoms with Gasteiger partial charge in [-0.1, -0.05) is 30.3 Å². The summed E-state index contributed by atoms with van der Waals surface area (Å²) in [5, 5.41) is 8.63. The number of nitrogens with two attached hydrogens (primary N) is 2. The number of hydrogen-bond acceptors (Lipinski definition) is 3. The number of hydrogen-bond donors (Lipinski definition) is 3. The van der Waals surface area contributed by atoms with Crippen LogP contribution in [0.25, 0.3) is 0 Å². The zero-order chi connectivity index (χ0) is 11.1. The number of benzene rings is 2. The Morgan fingerprint density at radius 1 is 0.667 bits per heavy atom. The topological polar surface area (TPSA) is 72.3 Å². The molecule has 0 aromatic heterocycles. The molecule has 0 fully saturated rings. The van der Waals surface area contributed by atoms with E-state index < -0.39 is 0 Å². The summed E-state index contributed by atoms with van der Waals surface area (Å²) in [7, 11) is 0. The number of anilines is 2. The van der Waals surface area contributed by atoms with Gasteiger partial charge in [0.1, 0.15) is 5.75 Å². The van der Waals surface area contributed by atoms with Crippen molar-refractivity contribution in [2.24, 2.45) is 0 Å². The van der Waals surface area contributed by atoms with Crippen molar-refractivity contribution in [1.29, 1.82) is 0 Å². The van der Waals surface area contributed by atoms with Crippen LogP contribution in [0.3, 0.4) is 0 Å². The minimum Gasteiger partial charge on any atom is -0.508 e. The lowest BCUT2D eigenvalue weighted by Gasteiger charge is -1.94. The normalized spacial score (nSPS) is 8.80. The fourth-order valence-corrected chi connectivity index (χ4v) is 0.939. The van der Waals surface area contributed by atoms with Crippen LogP contribution in [0.5, 0.6) is 5.75 Å². The fourth-order valence-electron chi connectivity index (χ4n) is 0.939. The maximum absolute atomic E-state index is 8.63. The van der Waals surface area contributed by atoms with Gasteiger partial charge in [0.05, 0.1) is 11.4 Å². The van der Waals surface area contributed by atoms with Crippen LogP contribution in [0.1, 0.15) is 0 Å². The van der Waals surface area contributed by atoms with Gasteiger partial charge in [0, 0.05) is 0 Å². The van der Waals surface area contributed by atoms with Crippen LogP contribution in [-0.4, -0.2) is 5.11 Å². The minimum atomic E-state index is 0.322. The highest BCUT2D eigenvalue weighted by Crippen LogP contribution is 2.10. The first-order valence-electron chi connectivity index (χ1n) is 4.54. The molecule has 2 aromatic rings. The van der Waals surface area contributed by atoms with Gasteiger partial charge in [-0.25, -0.2) is 0 Å².